The first-order valence-electron chi connectivity index (χ1n) is 11.6. The molecule has 1 saturated carbocycles. The fourth-order valence-electron chi connectivity index (χ4n) is 4.42. The third-order valence-electron chi connectivity index (χ3n) is 6.48. The molecule has 1 amide bonds. The van der Waals surface area contributed by atoms with Crippen molar-refractivity contribution in [3.63, 3.8) is 0 Å². The van der Waals surface area contributed by atoms with Crippen molar-refractivity contribution in [3.8, 4) is 11.5 Å². The summed E-state index contributed by atoms with van der Waals surface area (Å²) in [6.07, 6.45) is 5.83. The van der Waals surface area contributed by atoms with Gasteiger partial charge in [0.1, 0.15) is 0 Å². The van der Waals surface area contributed by atoms with Gasteiger partial charge in [0, 0.05) is 25.1 Å². The van der Waals surface area contributed by atoms with E-state index in [4.69, 9.17) is 9.47 Å². The topological polar surface area (TPSA) is 84.9 Å². The van der Waals surface area contributed by atoms with Crippen LogP contribution >= 0.6 is 0 Å². The van der Waals surface area contributed by atoms with Crippen LogP contribution in [0.2, 0.25) is 0 Å². The zero-order valence-electron chi connectivity index (χ0n) is 19.2. The normalized spacial score (nSPS) is 17.9. The van der Waals surface area contributed by atoms with Crippen LogP contribution in [0.5, 0.6) is 11.5 Å². The lowest BCUT2D eigenvalue weighted by Crippen LogP contribution is -2.38. The van der Waals surface area contributed by atoms with Crippen LogP contribution in [0.3, 0.4) is 0 Å². The number of fused-ring (bicyclic) bond motifs is 1. The van der Waals surface area contributed by atoms with Gasteiger partial charge in [0.2, 0.25) is 10.0 Å². The van der Waals surface area contributed by atoms with E-state index in [1.165, 1.54) is 10.4 Å². The van der Waals surface area contributed by atoms with Crippen LogP contribution in [0.1, 0.15) is 67.4 Å². The molecule has 1 fully saturated rings. The van der Waals surface area contributed by atoms with E-state index in [-0.39, 0.29) is 22.9 Å². The summed E-state index contributed by atoms with van der Waals surface area (Å²) in [6.45, 7) is 3.09. The molecule has 4 rings (SSSR count). The second kappa shape index (κ2) is 10.1. The number of nitrogens with zero attached hydrogens (tertiary/aromatic N) is 1. The zero-order valence-corrected chi connectivity index (χ0v) is 20.1. The first-order chi connectivity index (χ1) is 15.9. The Balaban J connectivity index is 1.48. The van der Waals surface area contributed by atoms with Gasteiger partial charge in [-0.2, -0.15) is 4.31 Å². The highest BCUT2D eigenvalue weighted by Gasteiger charge is 2.29. The minimum absolute atomic E-state index is 0.0145. The third kappa shape index (κ3) is 5.33. The van der Waals surface area contributed by atoms with Crippen molar-refractivity contribution in [2.24, 2.45) is 0 Å². The number of hydrogen-bond acceptors (Lipinski definition) is 5. The lowest BCUT2D eigenvalue weighted by Gasteiger charge is -2.30. The van der Waals surface area contributed by atoms with Crippen molar-refractivity contribution in [2.75, 3.05) is 20.3 Å². The first kappa shape index (κ1) is 23.6. The van der Waals surface area contributed by atoms with E-state index in [9.17, 15) is 13.2 Å². The molecule has 33 heavy (non-hydrogen) atoms. The predicted molar refractivity (Wildman–Crippen MR) is 126 cm³/mol. The van der Waals surface area contributed by atoms with Gasteiger partial charge in [0.25, 0.3) is 5.91 Å². The van der Waals surface area contributed by atoms with Crippen molar-refractivity contribution in [3.05, 3.63) is 53.6 Å². The maximum absolute atomic E-state index is 13.2. The molecule has 1 unspecified atom stereocenters. The van der Waals surface area contributed by atoms with E-state index in [1.807, 2.05) is 25.1 Å². The Labute approximate surface area is 196 Å². The Morgan fingerprint density at radius 3 is 2.48 bits per heavy atom. The van der Waals surface area contributed by atoms with Crippen molar-refractivity contribution >= 4 is 15.9 Å². The summed E-state index contributed by atoms with van der Waals surface area (Å²) in [7, 11) is -2.02. The largest absolute Gasteiger partial charge is 0.490 e. The average Bonchev–Trinajstić information content (AvgIpc) is 3.09. The van der Waals surface area contributed by atoms with E-state index >= 15 is 0 Å². The molecule has 2 aliphatic rings. The Morgan fingerprint density at radius 2 is 1.73 bits per heavy atom. The monoisotopic (exact) mass is 472 g/mol. The fraction of sp³-hybridized carbons (Fsp3) is 0.480. The number of amides is 1. The highest BCUT2D eigenvalue weighted by atomic mass is 32.2. The molecule has 0 radical (unpaired) electrons. The van der Waals surface area contributed by atoms with Gasteiger partial charge >= 0.3 is 0 Å². The highest BCUT2D eigenvalue weighted by Crippen LogP contribution is 2.32. The molecule has 1 heterocycles. The van der Waals surface area contributed by atoms with Crippen LogP contribution in [-0.2, 0) is 10.0 Å². The second-order valence-electron chi connectivity index (χ2n) is 8.79. The summed E-state index contributed by atoms with van der Waals surface area (Å²) in [5.41, 5.74) is 1.20. The lowest BCUT2D eigenvalue weighted by atomic mass is 9.96. The van der Waals surface area contributed by atoms with Crippen LogP contribution in [0.15, 0.2) is 47.4 Å². The third-order valence-corrected chi connectivity index (χ3v) is 8.39. The standard InChI is InChI=1S/C25H32N2O5S/c1-18(19-12-13-23-24(17-19)32-15-7-14-31-23)26-25(28)20-8-6-11-22(16-20)33(29,30)27(2)21-9-4-3-5-10-21/h6,8,11-13,16-18,21H,3-5,7,9-10,14-15H2,1-2H3,(H,26,28). The summed E-state index contributed by atoms with van der Waals surface area (Å²) >= 11 is 0. The average molecular weight is 473 g/mol. The van der Waals surface area contributed by atoms with Gasteiger partial charge in [0.15, 0.2) is 11.5 Å². The summed E-state index contributed by atoms with van der Waals surface area (Å²) in [5, 5.41) is 2.96. The molecule has 0 spiro atoms. The molecular weight excluding hydrogens is 440 g/mol. The number of benzene rings is 2. The number of carbonyl (C=O) groups excluding carboxylic acids is 1. The molecule has 1 aliphatic carbocycles. The van der Waals surface area contributed by atoms with Gasteiger partial charge in [-0.15, -0.1) is 0 Å². The summed E-state index contributed by atoms with van der Waals surface area (Å²) < 4.78 is 39.3. The Hall–Kier alpha value is -2.58. The summed E-state index contributed by atoms with van der Waals surface area (Å²) in [6, 6.07) is 11.6. The minimum atomic E-state index is -3.67. The second-order valence-corrected chi connectivity index (χ2v) is 10.8. The van der Waals surface area contributed by atoms with Crippen molar-refractivity contribution < 1.29 is 22.7 Å². The number of nitrogens with one attached hydrogen (secondary N) is 1. The number of hydrogen-bond donors (Lipinski definition) is 1. The van der Waals surface area contributed by atoms with E-state index in [1.54, 1.807) is 25.2 Å². The van der Waals surface area contributed by atoms with Crippen LogP contribution < -0.4 is 14.8 Å². The molecule has 0 saturated heterocycles. The van der Waals surface area contributed by atoms with E-state index in [2.05, 4.69) is 5.32 Å². The molecule has 2 aromatic carbocycles. The summed E-state index contributed by atoms with van der Waals surface area (Å²) in [5.74, 6) is 1.05. The minimum Gasteiger partial charge on any atom is -0.490 e. The maximum atomic E-state index is 13.2. The molecule has 8 heteroatoms. The predicted octanol–water partition coefficient (Wildman–Crippen LogP) is 4.29. The molecule has 2 aromatic rings. The first-order valence-corrected chi connectivity index (χ1v) is 13.1. The summed E-state index contributed by atoms with van der Waals surface area (Å²) in [4.78, 5) is 13.1. The van der Waals surface area contributed by atoms with Crippen molar-refractivity contribution in [1.82, 2.24) is 9.62 Å². The maximum Gasteiger partial charge on any atom is 0.251 e. The van der Waals surface area contributed by atoms with Crippen molar-refractivity contribution in [2.45, 2.75) is 62.4 Å². The highest BCUT2D eigenvalue weighted by molar-refractivity contribution is 7.89. The van der Waals surface area contributed by atoms with Gasteiger partial charge < -0.3 is 14.8 Å². The van der Waals surface area contributed by atoms with Crippen LogP contribution in [0.25, 0.3) is 0 Å². The number of rotatable bonds is 6. The van der Waals surface area contributed by atoms with Crippen molar-refractivity contribution in [1.29, 1.82) is 0 Å². The molecule has 1 atom stereocenters. The van der Waals surface area contributed by atoms with E-state index in [0.29, 0.717) is 30.3 Å². The van der Waals surface area contributed by atoms with Gasteiger partial charge in [-0.05, 0) is 55.7 Å². The van der Waals surface area contributed by atoms with Crippen LogP contribution in [0.4, 0.5) is 0 Å². The molecule has 0 bridgehead atoms. The fourth-order valence-corrected chi connectivity index (χ4v) is 5.88. The Morgan fingerprint density at radius 1 is 1.00 bits per heavy atom. The van der Waals surface area contributed by atoms with Crippen LogP contribution in [0, 0.1) is 0 Å². The van der Waals surface area contributed by atoms with Gasteiger partial charge in [-0.3, -0.25) is 4.79 Å². The Bertz CT molecular complexity index is 1100. The van der Waals surface area contributed by atoms with Gasteiger partial charge in [-0.1, -0.05) is 31.4 Å². The quantitative estimate of drug-likeness (QED) is 0.678. The molecule has 1 N–H and O–H groups in total. The number of sulfonamides is 1. The van der Waals surface area contributed by atoms with Gasteiger partial charge in [0.05, 0.1) is 24.2 Å². The SMILES string of the molecule is CC(NC(=O)c1cccc(S(=O)(=O)N(C)C2CCCCC2)c1)c1ccc2c(c1)OCCCO2. The smallest absolute Gasteiger partial charge is 0.251 e. The van der Waals surface area contributed by atoms with E-state index in [0.717, 1.165) is 44.1 Å². The molecule has 1 aliphatic heterocycles. The lowest BCUT2D eigenvalue weighted by molar-refractivity contribution is 0.0939. The van der Waals surface area contributed by atoms with E-state index < -0.39 is 10.0 Å². The molecule has 178 valence electrons. The number of carbonyl (C=O) groups is 1. The zero-order chi connectivity index (χ0) is 23.4. The molecule has 0 aromatic heterocycles. The van der Waals surface area contributed by atoms with Crippen LogP contribution in [-0.4, -0.2) is 44.9 Å². The van der Waals surface area contributed by atoms with Gasteiger partial charge in [-0.25, -0.2) is 8.42 Å². The Kier molecular flexibility index (Phi) is 7.24. The molecule has 7 nitrogen and oxygen atoms in total. The molecular formula is C25H32N2O5S. The number of ether oxygens (including phenoxy) is 2.